The minimum Gasteiger partial charge on any atom is -0.478 e. The monoisotopic (exact) mass is 739 g/mol. The molecule has 2 saturated heterocycles. The molecule has 2 heterocycles. The van der Waals surface area contributed by atoms with E-state index in [-0.39, 0.29) is 27.3 Å². The van der Waals surface area contributed by atoms with Gasteiger partial charge in [0.15, 0.2) is 9.84 Å². The maximum absolute atomic E-state index is 14.9. The summed E-state index contributed by atoms with van der Waals surface area (Å²) in [6.45, 7) is 24.8. The van der Waals surface area contributed by atoms with E-state index >= 15 is 0 Å². The summed E-state index contributed by atoms with van der Waals surface area (Å²) in [6.07, 6.45) is 12.2. The topological polar surface area (TPSA) is 90.0 Å². The van der Waals surface area contributed by atoms with Crippen molar-refractivity contribution in [3.63, 3.8) is 0 Å². The second-order valence-corrected chi connectivity index (χ2v) is 21.9. The van der Waals surface area contributed by atoms with Crippen molar-refractivity contribution in [2.75, 3.05) is 55.7 Å². The van der Waals surface area contributed by atoms with Crippen LogP contribution in [0.4, 0.5) is 10.1 Å². The molecule has 7 rings (SSSR count). The molecule has 0 spiro atoms. The van der Waals surface area contributed by atoms with Crippen LogP contribution in [-0.4, -0.2) is 80.7 Å². The number of carboxylic acid groups (broad SMARTS) is 1. The lowest BCUT2D eigenvalue weighted by Crippen LogP contribution is -2.70. The van der Waals surface area contributed by atoms with E-state index in [0.717, 1.165) is 51.1 Å². The molecular formula is C43H66FN3O4S. The number of fused-ring (bicyclic) bond motifs is 7. The van der Waals surface area contributed by atoms with E-state index in [0.29, 0.717) is 59.6 Å². The summed E-state index contributed by atoms with van der Waals surface area (Å²) in [5.74, 6) is 1.75. The molecule has 0 bridgehead atoms. The number of hydrogen-bond acceptors (Lipinski definition) is 6. The fraction of sp³-hybridized carbons (Fsp3) is 0.791. The normalized spacial score (nSPS) is 41.0. The average Bonchev–Trinajstić information content (AvgIpc) is 3.45. The van der Waals surface area contributed by atoms with Gasteiger partial charge in [0.1, 0.15) is 5.82 Å². The summed E-state index contributed by atoms with van der Waals surface area (Å²) >= 11 is 0. The molecule has 4 aliphatic carbocycles. The molecule has 4 saturated carbocycles. The van der Waals surface area contributed by atoms with Gasteiger partial charge in [0, 0.05) is 37.4 Å². The van der Waals surface area contributed by atoms with Gasteiger partial charge in [-0.05, 0) is 168 Å². The molecule has 7 nitrogen and oxygen atoms in total. The van der Waals surface area contributed by atoms with Gasteiger partial charge in [-0.1, -0.05) is 32.9 Å². The van der Waals surface area contributed by atoms with Crippen molar-refractivity contribution in [3.05, 3.63) is 41.7 Å². The molecule has 2 N–H and O–H groups in total. The maximum Gasteiger partial charge on any atom is 0.338 e. The second-order valence-electron chi connectivity index (χ2n) is 19.6. The summed E-state index contributed by atoms with van der Waals surface area (Å²) in [5.41, 5.74) is 2.73. The van der Waals surface area contributed by atoms with Crippen molar-refractivity contribution >= 4 is 21.5 Å². The molecule has 0 unspecified atom stereocenters. The highest BCUT2D eigenvalue weighted by molar-refractivity contribution is 7.91. The zero-order chi connectivity index (χ0) is 37.5. The van der Waals surface area contributed by atoms with Crippen LogP contribution in [0.15, 0.2) is 30.4 Å². The predicted molar refractivity (Wildman–Crippen MR) is 208 cm³/mol. The van der Waals surface area contributed by atoms with E-state index in [1.807, 2.05) is 6.07 Å². The van der Waals surface area contributed by atoms with Gasteiger partial charge in [-0.2, -0.15) is 0 Å². The number of hydrogen-bond donors (Lipinski definition) is 2. The van der Waals surface area contributed by atoms with Crippen LogP contribution in [0.1, 0.15) is 116 Å². The largest absolute Gasteiger partial charge is 0.478 e. The quantitative estimate of drug-likeness (QED) is 0.196. The molecule has 52 heavy (non-hydrogen) atoms. The van der Waals surface area contributed by atoms with Crippen molar-refractivity contribution in [3.8, 4) is 0 Å². The number of nitrogens with zero attached hydrogens (tertiary/aromatic N) is 2. The van der Waals surface area contributed by atoms with Crippen LogP contribution in [0.25, 0.3) is 0 Å². The third-order valence-corrected chi connectivity index (χ3v) is 18.8. The van der Waals surface area contributed by atoms with Gasteiger partial charge in [-0.3, -0.25) is 0 Å². The maximum atomic E-state index is 14.9. The Hall–Kier alpha value is -1.97. The van der Waals surface area contributed by atoms with Gasteiger partial charge < -0.3 is 20.2 Å². The van der Waals surface area contributed by atoms with Crippen LogP contribution < -0.4 is 10.2 Å². The number of halogens is 1. The van der Waals surface area contributed by atoms with Gasteiger partial charge in [-0.25, -0.2) is 17.6 Å². The molecule has 2 aliphatic heterocycles. The molecular weight excluding hydrogens is 674 g/mol. The van der Waals surface area contributed by atoms with Crippen LogP contribution in [0, 0.1) is 57.1 Å². The number of carbonyl (C=O) groups is 1. The number of allylic oxidation sites excluding steroid dienone is 1. The number of anilines is 1. The fourth-order valence-electron chi connectivity index (χ4n) is 14.3. The number of rotatable bonds is 9. The van der Waals surface area contributed by atoms with Gasteiger partial charge in [0.05, 0.1) is 17.1 Å². The SMILES string of the molecule is C=C(C)[C@@H]1CC[C@]2(CNCCCN3CCS(=O)(=O)CC3)CC[C@]3(C)[C@H](CC[C@@H]4[C@@]5(C)CCN(c6ccc(C(=O)O)c(F)c6)C(C)(C)[C@@H]5CC[C@]43C)[C@@H]12. The Morgan fingerprint density at radius 1 is 0.942 bits per heavy atom. The third kappa shape index (κ3) is 6.00. The summed E-state index contributed by atoms with van der Waals surface area (Å²) in [6, 6.07) is 4.68. The minimum absolute atomic E-state index is 0.179. The van der Waals surface area contributed by atoms with Gasteiger partial charge >= 0.3 is 5.97 Å². The number of piperidine rings is 1. The Morgan fingerprint density at radius 3 is 2.35 bits per heavy atom. The lowest BCUT2D eigenvalue weighted by molar-refractivity contribution is -0.227. The molecule has 0 amide bonds. The van der Waals surface area contributed by atoms with Crippen molar-refractivity contribution < 1.29 is 22.7 Å². The first-order valence-corrected chi connectivity index (χ1v) is 22.3. The van der Waals surface area contributed by atoms with Crippen LogP contribution in [0.5, 0.6) is 0 Å². The Balaban J connectivity index is 1.08. The molecule has 0 radical (unpaired) electrons. The Labute approximate surface area is 313 Å². The summed E-state index contributed by atoms with van der Waals surface area (Å²) in [4.78, 5) is 16.2. The Kier molecular flexibility index (Phi) is 9.84. The smallest absolute Gasteiger partial charge is 0.338 e. The number of benzene rings is 1. The first kappa shape index (κ1) is 38.3. The molecule has 9 atom stereocenters. The minimum atomic E-state index is -2.84. The van der Waals surface area contributed by atoms with Gasteiger partial charge in [0.25, 0.3) is 0 Å². The number of sulfone groups is 1. The molecule has 0 aromatic heterocycles. The van der Waals surface area contributed by atoms with Crippen LogP contribution in [0.3, 0.4) is 0 Å². The highest BCUT2D eigenvalue weighted by Crippen LogP contribution is 2.76. The zero-order valence-corrected chi connectivity index (χ0v) is 33.7. The zero-order valence-electron chi connectivity index (χ0n) is 32.9. The lowest BCUT2D eigenvalue weighted by Gasteiger charge is -2.73. The first-order chi connectivity index (χ1) is 24.4. The van der Waals surface area contributed by atoms with Crippen molar-refractivity contribution in [2.45, 2.75) is 111 Å². The fourth-order valence-corrected chi connectivity index (χ4v) is 15.6. The molecule has 1 aromatic rings. The van der Waals surface area contributed by atoms with E-state index in [9.17, 15) is 22.7 Å². The third-order valence-electron chi connectivity index (χ3n) is 17.2. The van der Waals surface area contributed by atoms with Crippen molar-refractivity contribution in [1.29, 1.82) is 0 Å². The predicted octanol–water partition coefficient (Wildman–Crippen LogP) is 8.06. The summed E-state index contributed by atoms with van der Waals surface area (Å²) in [5, 5.41) is 13.4. The number of aromatic carboxylic acids is 1. The highest BCUT2D eigenvalue weighted by atomic mass is 32.2. The molecule has 290 valence electrons. The van der Waals surface area contributed by atoms with Crippen LogP contribution in [-0.2, 0) is 9.84 Å². The van der Waals surface area contributed by atoms with Gasteiger partial charge in [-0.15, -0.1) is 0 Å². The molecule has 6 aliphatic rings. The standard InChI is InChI=1S/C43H66FN3O4S/c1-29(2)31-13-16-43(28-45-20-8-21-46-23-25-52(50,51)26-24-46)18-17-41(6)33(37(31)43)11-12-36-40(5)19-22-47(30-9-10-32(38(48)49)34(44)27-30)39(3,4)35(40)14-15-42(36,41)7/h9-10,27,31,33,35-37,45H,1,8,11-26,28H2,2-7H3,(H,48,49)/t31-,33+,35-,36+,37+,40-,41+,42+,43+/m0/s1. The Morgan fingerprint density at radius 2 is 1.67 bits per heavy atom. The average molecular weight is 740 g/mol. The van der Waals surface area contributed by atoms with Crippen LogP contribution in [0.2, 0.25) is 0 Å². The van der Waals surface area contributed by atoms with E-state index in [1.165, 1.54) is 62.7 Å². The highest BCUT2D eigenvalue weighted by Gasteiger charge is 2.70. The Bertz CT molecular complexity index is 1670. The number of nitrogens with one attached hydrogen (secondary N) is 1. The first-order valence-electron chi connectivity index (χ1n) is 20.5. The van der Waals surface area contributed by atoms with Crippen LogP contribution >= 0.6 is 0 Å². The second kappa shape index (κ2) is 13.4. The number of carboxylic acids is 1. The van der Waals surface area contributed by atoms with E-state index in [1.54, 1.807) is 0 Å². The van der Waals surface area contributed by atoms with Crippen molar-refractivity contribution in [1.82, 2.24) is 10.2 Å². The molecule has 9 heteroatoms. The van der Waals surface area contributed by atoms with E-state index in [2.05, 4.69) is 63.2 Å². The van der Waals surface area contributed by atoms with E-state index < -0.39 is 21.6 Å². The molecule has 6 fully saturated rings. The lowest BCUT2D eigenvalue weighted by atomic mass is 9.33. The summed E-state index contributed by atoms with van der Waals surface area (Å²) in [7, 11) is -2.84. The summed E-state index contributed by atoms with van der Waals surface area (Å²) < 4.78 is 38.7. The van der Waals surface area contributed by atoms with Crippen molar-refractivity contribution in [2.24, 2.45) is 51.2 Å². The van der Waals surface area contributed by atoms with Gasteiger partial charge in [0.2, 0.25) is 0 Å². The molecule has 1 aromatic carbocycles. The van der Waals surface area contributed by atoms with E-state index in [4.69, 9.17) is 0 Å².